The Morgan fingerprint density at radius 1 is 1.12 bits per heavy atom. The molecule has 4 nitrogen and oxygen atoms in total. The summed E-state index contributed by atoms with van der Waals surface area (Å²) in [6.07, 6.45) is 0. The minimum atomic E-state index is 0.744. The van der Waals surface area contributed by atoms with Gasteiger partial charge >= 0.3 is 0 Å². The minimum absolute atomic E-state index is 0.744. The summed E-state index contributed by atoms with van der Waals surface area (Å²) in [6, 6.07) is 8.39. The van der Waals surface area contributed by atoms with Gasteiger partial charge < -0.3 is 15.1 Å². The maximum atomic E-state index is 4.66. The molecule has 1 aliphatic rings. The van der Waals surface area contributed by atoms with E-state index in [4.69, 9.17) is 0 Å². The van der Waals surface area contributed by atoms with Crippen molar-refractivity contribution >= 4 is 11.6 Å². The second-order valence-corrected chi connectivity index (χ2v) is 4.41. The van der Waals surface area contributed by atoms with E-state index in [1.807, 2.05) is 7.05 Å². The first-order valence-corrected chi connectivity index (χ1v) is 5.94. The van der Waals surface area contributed by atoms with Gasteiger partial charge in [0.25, 0.3) is 0 Å². The Hall–Kier alpha value is -1.71. The van der Waals surface area contributed by atoms with Crippen LogP contribution in [0.25, 0.3) is 0 Å². The highest BCUT2D eigenvalue weighted by molar-refractivity contribution is 5.81. The van der Waals surface area contributed by atoms with Crippen molar-refractivity contribution < 1.29 is 0 Å². The van der Waals surface area contributed by atoms with Gasteiger partial charge in [0.05, 0.1) is 6.54 Å². The molecule has 1 fully saturated rings. The van der Waals surface area contributed by atoms with Crippen molar-refractivity contribution in [3.8, 4) is 0 Å². The lowest BCUT2D eigenvalue weighted by Crippen LogP contribution is -2.28. The SMILES string of the molecule is CNc1ccc(CN=C2N(C)CCN2C)cc1. The number of hydrogen-bond donors (Lipinski definition) is 1. The standard InChI is InChI=1S/C13H20N4/c1-14-12-6-4-11(5-7-12)10-15-13-16(2)8-9-17(13)3/h4-7,14H,8-10H2,1-3H3. The molecule has 1 aliphatic heterocycles. The Labute approximate surface area is 103 Å². The van der Waals surface area contributed by atoms with Crippen molar-refractivity contribution in [3.05, 3.63) is 29.8 Å². The molecule has 0 bridgehead atoms. The maximum absolute atomic E-state index is 4.66. The molecule has 0 amide bonds. The van der Waals surface area contributed by atoms with Gasteiger partial charge in [0.15, 0.2) is 5.96 Å². The molecular weight excluding hydrogens is 212 g/mol. The van der Waals surface area contributed by atoms with Crippen molar-refractivity contribution in [2.75, 3.05) is 39.5 Å². The number of anilines is 1. The van der Waals surface area contributed by atoms with Crippen LogP contribution in [0.1, 0.15) is 5.56 Å². The third kappa shape index (κ3) is 2.70. The molecule has 4 heteroatoms. The highest BCUT2D eigenvalue weighted by Gasteiger charge is 2.18. The van der Waals surface area contributed by atoms with E-state index in [0.717, 1.165) is 31.3 Å². The average Bonchev–Trinajstić information content (AvgIpc) is 2.67. The first-order chi connectivity index (χ1) is 8.20. The van der Waals surface area contributed by atoms with Gasteiger partial charge in [-0.05, 0) is 17.7 Å². The molecule has 1 aromatic rings. The molecule has 1 saturated heterocycles. The molecule has 0 aromatic heterocycles. The zero-order valence-corrected chi connectivity index (χ0v) is 10.8. The zero-order chi connectivity index (χ0) is 12.3. The second-order valence-electron chi connectivity index (χ2n) is 4.41. The summed E-state index contributed by atoms with van der Waals surface area (Å²) in [6.45, 7) is 2.87. The maximum Gasteiger partial charge on any atom is 0.196 e. The number of rotatable bonds is 3. The lowest BCUT2D eigenvalue weighted by molar-refractivity contribution is 0.553. The summed E-state index contributed by atoms with van der Waals surface area (Å²) < 4.78 is 0. The second kappa shape index (κ2) is 5.08. The number of nitrogens with one attached hydrogen (secondary N) is 1. The zero-order valence-electron chi connectivity index (χ0n) is 10.8. The van der Waals surface area contributed by atoms with Crippen molar-refractivity contribution in [3.63, 3.8) is 0 Å². The Morgan fingerprint density at radius 3 is 2.24 bits per heavy atom. The number of nitrogens with zero attached hydrogens (tertiary/aromatic N) is 3. The molecular formula is C13H20N4. The largest absolute Gasteiger partial charge is 0.388 e. The molecule has 1 N–H and O–H groups in total. The number of guanidine groups is 1. The minimum Gasteiger partial charge on any atom is -0.388 e. The lowest BCUT2D eigenvalue weighted by Gasteiger charge is -2.15. The molecule has 2 rings (SSSR count). The van der Waals surface area contributed by atoms with Crippen molar-refractivity contribution in [1.82, 2.24) is 9.80 Å². The summed E-state index contributed by atoms with van der Waals surface area (Å²) in [7, 11) is 6.11. The van der Waals surface area contributed by atoms with E-state index in [1.54, 1.807) is 0 Å². The van der Waals surface area contributed by atoms with E-state index in [-0.39, 0.29) is 0 Å². The molecule has 1 aromatic carbocycles. The molecule has 1 heterocycles. The van der Waals surface area contributed by atoms with Crippen LogP contribution in [-0.2, 0) is 6.54 Å². The van der Waals surface area contributed by atoms with E-state index >= 15 is 0 Å². The van der Waals surface area contributed by atoms with Crippen LogP contribution in [0.4, 0.5) is 5.69 Å². The van der Waals surface area contributed by atoms with E-state index < -0.39 is 0 Å². The molecule has 0 radical (unpaired) electrons. The van der Waals surface area contributed by atoms with Crippen LogP contribution in [0.3, 0.4) is 0 Å². The normalized spacial score (nSPS) is 15.4. The van der Waals surface area contributed by atoms with Crippen LogP contribution in [0.15, 0.2) is 29.3 Å². The quantitative estimate of drug-likeness (QED) is 0.856. The van der Waals surface area contributed by atoms with E-state index in [0.29, 0.717) is 0 Å². The lowest BCUT2D eigenvalue weighted by atomic mass is 10.2. The van der Waals surface area contributed by atoms with Crippen LogP contribution in [0, 0.1) is 0 Å². The molecule has 0 atom stereocenters. The van der Waals surface area contributed by atoms with Gasteiger partial charge in [0.1, 0.15) is 0 Å². The van der Waals surface area contributed by atoms with Crippen molar-refractivity contribution in [1.29, 1.82) is 0 Å². The Kier molecular flexibility index (Phi) is 3.52. The van der Waals surface area contributed by atoms with E-state index in [1.165, 1.54) is 5.56 Å². The van der Waals surface area contributed by atoms with Gasteiger partial charge in [0.2, 0.25) is 0 Å². The smallest absolute Gasteiger partial charge is 0.196 e. The molecule has 0 aliphatic carbocycles. The van der Waals surface area contributed by atoms with Gasteiger partial charge in [-0.3, -0.25) is 0 Å². The molecule has 0 saturated carbocycles. The van der Waals surface area contributed by atoms with Crippen LogP contribution >= 0.6 is 0 Å². The van der Waals surface area contributed by atoms with Gasteiger partial charge in [-0.2, -0.15) is 0 Å². The fraction of sp³-hybridized carbons (Fsp3) is 0.462. The van der Waals surface area contributed by atoms with Crippen molar-refractivity contribution in [2.45, 2.75) is 6.54 Å². The summed E-state index contributed by atoms with van der Waals surface area (Å²) in [4.78, 5) is 9.05. The number of hydrogen-bond acceptors (Lipinski definition) is 2. The third-order valence-electron chi connectivity index (χ3n) is 3.10. The van der Waals surface area contributed by atoms with Gasteiger partial charge in [-0.1, -0.05) is 12.1 Å². The first kappa shape index (κ1) is 11.8. The fourth-order valence-corrected chi connectivity index (χ4v) is 1.97. The number of aliphatic imine (C=N–C) groups is 1. The van der Waals surface area contributed by atoms with Crippen LogP contribution in [0.5, 0.6) is 0 Å². The predicted octanol–water partition coefficient (Wildman–Crippen LogP) is 1.46. The topological polar surface area (TPSA) is 30.9 Å². The summed E-state index contributed by atoms with van der Waals surface area (Å²) in [5.41, 5.74) is 2.38. The Bertz CT molecular complexity index is 384. The monoisotopic (exact) mass is 232 g/mol. The molecule has 17 heavy (non-hydrogen) atoms. The summed E-state index contributed by atoms with van der Waals surface area (Å²) in [5, 5.41) is 3.11. The van der Waals surface area contributed by atoms with Crippen LogP contribution in [-0.4, -0.2) is 50.0 Å². The molecule has 0 spiro atoms. The highest BCUT2D eigenvalue weighted by atomic mass is 15.4. The van der Waals surface area contributed by atoms with E-state index in [2.05, 4.69) is 58.5 Å². The van der Waals surface area contributed by atoms with Crippen LogP contribution < -0.4 is 5.32 Å². The first-order valence-electron chi connectivity index (χ1n) is 5.94. The fourth-order valence-electron chi connectivity index (χ4n) is 1.97. The molecule has 0 unspecified atom stereocenters. The number of likely N-dealkylation sites (N-methyl/N-ethyl adjacent to an activating group) is 2. The van der Waals surface area contributed by atoms with Gasteiger partial charge in [-0.25, -0.2) is 4.99 Å². The van der Waals surface area contributed by atoms with E-state index in [9.17, 15) is 0 Å². The highest BCUT2D eigenvalue weighted by Crippen LogP contribution is 2.11. The summed E-state index contributed by atoms with van der Waals surface area (Å²) in [5.74, 6) is 1.09. The third-order valence-corrected chi connectivity index (χ3v) is 3.10. The Morgan fingerprint density at radius 2 is 1.71 bits per heavy atom. The predicted molar refractivity (Wildman–Crippen MR) is 72.4 cm³/mol. The number of benzene rings is 1. The van der Waals surface area contributed by atoms with Gasteiger partial charge in [0, 0.05) is 39.9 Å². The average molecular weight is 232 g/mol. The summed E-state index contributed by atoms with van der Waals surface area (Å²) >= 11 is 0. The molecule has 92 valence electrons. The van der Waals surface area contributed by atoms with Crippen LogP contribution in [0.2, 0.25) is 0 Å². The van der Waals surface area contributed by atoms with Gasteiger partial charge in [-0.15, -0.1) is 0 Å². The van der Waals surface area contributed by atoms with Crippen molar-refractivity contribution in [2.24, 2.45) is 4.99 Å². The Balaban J connectivity index is 2.03.